The lowest BCUT2D eigenvalue weighted by atomic mass is 9.79. The van der Waals surface area contributed by atoms with Gasteiger partial charge in [0.1, 0.15) is 12.0 Å². The molecular formula is C12H19F3N2O. The lowest BCUT2D eigenvalue weighted by molar-refractivity contribution is -0.163. The van der Waals surface area contributed by atoms with E-state index in [1.165, 1.54) is 0 Å². The molecular weight excluding hydrogens is 245 g/mol. The van der Waals surface area contributed by atoms with Gasteiger partial charge in [0.15, 0.2) is 0 Å². The first-order valence-corrected chi connectivity index (χ1v) is 5.96. The summed E-state index contributed by atoms with van der Waals surface area (Å²) < 4.78 is 36.8. The van der Waals surface area contributed by atoms with Gasteiger partial charge in [-0.15, -0.1) is 0 Å². The number of alkyl halides is 3. The van der Waals surface area contributed by atoms with Gasteiger partial charge in [-0.25, -0.2) is 0 Å². The predicted molar refractivity (Wildman–Crippen MR) is 61.6 cm³/mol. The summed E-state index contributed by atoms with van der Waals surface area (Å²) in [5.41, 5.74) is -1.32. The molecule has 0 atom stereocenters. The Morgan fingerprint density at radius 3 is 1.94 bits per heavy atom. The standard InChI is InChI=1S/C12H19F3N2O/c1-4-6-11(8-16,7-5-2)10(18)17(3)9-12(13,14)15/h4-7,9H2,1-3H3. The summed E-state index contributed by atoms with van der Waals surface area (Å²) in [6, 6.07) is 1.93. The van der Waals surface area contributed by atoms with Crippen LogP contribution in [0.25, 0.3) is 0 Å². The molecule has 0 aliphatic rings. The quantitative estimate of drug-likeness (QED) is 0.739. The van der Waals surface area contributed by atoms with Crippen LogP contribution in [-0.2, 0) is 4.79 Å². The Balaban J connectivity index is 5.02. The molecule has 0 heterocycles. The van der Waals surface area contributed by atoms with Crippen LogP contribution in [-0.4, -0.2) is 30.6 Å². The van der Waals surface area contributed by atoms with Crippen LogP contribution in [0.3, 0.4) is 0 Å². The zero-order chi connectivity index (χ0) is 14.4. The lowest BCUT2D eigenvalue weighted by Gasteiger charge is -2.30. The SMILES string of the molecule is CCCC(C#N)(CCC)C(=O)N(C)CC(F)(F)F. The van der Waals surface area contributed by atoms with E-state index in [1.54, 1.807) is 13.8 Å². The van der Waals surface area contributed by atoms with E-state index >= 15 is 0 Å². The first kappa shape index (κ1) is 16.8. The highest BCUT2D eigenvalue weighted by Crippen LogP contribution is 2.32. The topological polar surface area (TPSA) is 44.1 Å². The third-order valence-electron chi connectivity index (χ3n) is 2.74. The number of rotatable bonds is 6. The minimum atomic E-state index is -4.44. The van der Waals surface area contributed by atoms with Crippen molar-refractivity contribution in [2.75, 3.05) is 13.6 Å². The van der Waals surface area contributed by atoms with E-state index < -0.39 is 24.0 Å². The number of hydrogen-bond acceptors (Lipinski definition) is 2. The summed E-state index contributed by atoms with van der Waals surface area (Å²) in [4.78, 5) is 12.7. The van der Waals surface area contributed by atoms with Gasteiger partial charge in [-0.3, -0.25) is 4.79 Å². The third-order valence-corrected chi connectivity index (χ3v) is 2.74. The molecule has 0 aromatic heterocycles. The van der Waals surface area contributed by atoms with Crippen LogP contribution in [0.5, 0.6) is 0 Å². The maximum absolute atomic E-state index is 12.3. The molecule has 0 N–H and O–H groups in total. The maximum Gasteiger partial charge on any atom is 0.406 e. The Bertz CT molecular complexity index is 314. The van der Waals surface area contributed by atoms with Crippen molar-refractivity contribution in [1.82, 2.24) is 4.90 Å². The third kappa shape index (κ3) is 4.55. The van der Waals surface area contributed by atoms with E-state index in [-0.39, 0.29) is 0 Å². The van der Waals surface area contributed by atoms with Crippen LogP contribution in [0, 0.1) is 16.7 Å². The van der Waals surface area contributed by atoms with Crippen molar-refractivity contribution in [3.8, 4) is 6.07 Å². The van der Waals surface area contributed by atoms with Gasteiger partial charge in [-0.05, 0) is 12.8 Å². The van der Waals surface area contributed by atoms with Gasteiger partial charge in [-0.1, -0.05) is 26.7 Å². The molecule has 0 fully saturated rings. The summed E-state index contributed by atoms with van der Waals surface area (Å²) in [5.74, 6) is -0.731. The zero-order valence-electron chi connectivity index (χ0n) is 11.0. The summed E-state index contributed by atoms with van der Waals surface area (Å²) in [6.45, 7) is 2.29. The molecule has 6 heteroatoms. The van der Waals surface area contributed by atoms with E-state index in [1.807, 2.05) is 6.07 Å². The fourth-order valence-electron chi connectivity index (χ4n) is 2.06. The Labute approximate surface area is 106 Å². The lowest BCUT2D eigenvalue weighted by Crippen LogP contribution is -2.45. The molecule has 0 spiro atoms. The molecule has 0 aliphatic carbocycles. The Kier molecular flexibility index (Phi) is 6.16. The molecule has 0 aromatic carbocycles. The molecule has 0 aliphatic heterocycles. The van der Waals surface area contributed by atoms with Gasteiger partial charge in [0.25, 0.3) is 0 Å². The number of carbonyl (C=O) groups is 1. The normalized spacial score (nSPS) is 12.1. The van der Waals surface area contributed by atoms with Crippen LogP contribution >= 0.6 is 0 Å². The average Bonchev–Trinajstić information content (AvgIpc) is 2.25. The van der Waals surface area contributed by atoms with Gasteiger partial charge >= 0.3 is 6.18 Å². The van der Waals surface area contributed by atoms with Crippen LogP contribution in [0.4, 0.5) is 13.2 Å². The average molecular weight is 264 g/mol. The Hall–Kier alpha value is -1.25. The summed E-state index contributed by atoms with van der Waals surface area (Å²) in [5, 5.41) is 9.18. The van der Waals surface area contributed by atoms with Crippen molar-refractivity contribution in [2.24, 2.45) is 5.41 Å². The minimum absolute atomic E-state index is 0.290. The number of nitrogens with zero attached hydrogens (tertiary/aromatic N) is 2. The van der Waals surface area contributed by atoms with E-state index in [2.05, 4.69) is 0 Å². The second-order valence-electron chi connectivity index (χ2n) is 4.47. The molecule has 0 saturated carbocycles. The minimum Gasteiger partial charge on any atom is -0.335 e. The van der Waals surface area contributed by atoms with Gasteiger partial charge in [-0.2, -0.15) is 18.4 Å². The van der Waals surface area contributed by atoms with Crippen molar-refractivity contribution >= 4 is 5.91 Å². The summed E-state index contributed by atoms with van der Waals surface area (Å²) in [7, 11) is 1.09. The summed E-state index contributed by atoms with van der Waals surface area (Å²) in [6.07, 6.45) is -2.70. The van der Waals surface area contributed by atoms with Crippen LogP contribution < -0.4 is 0 Å². The van der Waals surface area contributed by atoms with Crippen LogP contribution in [0.15, 0.2) is 0 Å². The van der Waals surface area contributed by atoms with Crippen LogP contribution in [0.1, 0.15) is 39.5 Å². The number of nitriles is 1. The molecule has 3 nitrogen and oxygen atoms in total. The second kappa shape index (κ2) is 6.62. The summed E-state index contributed by atoms with van der Waals surface area (Å²) >= 11 is 0. The number of halogens is 3. The van der Waals surface area contributed by atoms with Gasteiger partial charge < -0.3 is 4.90 Å². The van der Waals surface area contributed by atoms with Crippen molar-refractivity contribution in [1.29, 1.82) is 5.26 Å². The van der Waals surface area contributed by atoms with Gasteiger partial charge in [0.2, 0.25) is 5.91 Å². The largest absolute Gasteiger partial charge is 0.406 e. The molecule has 0 rings (SSSR count). The second-order valence-corrected chi connectivity index (χ2v) is 4.47. The monoisotopic (exact) mass is 264 g/mol. The van der Waals surface area contributed by atoms with E-state index in [0.29, 0.717) is 30.6 Å². The Morgan fingerprint density at radius 1 is 1.22 bits per heavy atom. The highest BCUT2D eigenvalue weighted by Gasteiger charge is 2.42. The number of carbonyl (C=O) groups excluding carboxylic acids is 1. The van der Waals surface area contributed by atoms with Crippen molar-refractivity contribution in [3.05, 3.63) is 0 Å². The first-order chi connectivity index (χ1) is 8.22. The van der Waals surface area contributed by atoms with E-state index in [4.69, 9.17) is 0 Å². The first-order valence-electron chi connectivity index (χ1n) is 5.96. The number of hydrogen-bond donors (Lipinski definition) is 0. The molecule has 0 radical (unpaired) electrons. The van der Waals surface area contributed by atoms with Crippen LogP contribution in [0.2, 0.25) is 0 Å². The van der Waals surface area contributed by atoms with Crippen molar-refractivity contribution in [3.63, 3.8) is 0 Å². The predicted octanol–water partition coefficient (Wildman–Crippen LogP) is 3.12. The molecule has 18 heavy (non-hydrogen) atoms. The van der Waals surface area contributed by atoms with Crippen molar-refractivity contribution in [2.45, 2.75) is 45.7 Å². The molecule has 0 aromatic rings. The van der Waals surface area contributed by atoms with Gasteiger partial charge in [0, 0.05) is 7.05 Å². The van der Waals surface area contributed by atoms with Crippen molar-refractivity contribution < 1.29 is 18.0 Å². The van der Waals surface area contributed by atoms with E-state index in [0.717, 1.165) is 7.05 Å². The molecule has 1 amide bonds. The smallest absolute Gasteiger partial charge is 0.335 e. The molecule has 104 valence electrons. The maximum atomic E-state index is 12.3. The zero-order valence-corrected chi connectivity index (χ0v) is 11.0. The fraction of sp³-hybridized carbons (Fsp3) is 0.833. The highest BCUT2D eigenvalue weighted by molar-refractivity contribution is 5.85. The van der Waals surface area contributed by atoms with E-state index in [9.17, 15) is 23.2 Å². The fourth-order valence-corrected chi connectivity index (χ4v) is 2.06. The molecule has 0 saturated heterocycles. The Morgan fingerprint density at radius 2 is 1.67 bits per heavy atom. The highest BCUT2D eigenvalue weighted by atomic mass is 19.4. The molecule has 0 unspecified atom stereocenters. The van der Waals surface area contributed by atoms with Gasteiger partial charge in [0.05, 0.1) is 6.07 Å². The number of amides is 1. The molecule has 0 bridgehead atoms.